The van der Waals surface area contributed by atoms with Crippen LogP contribution in [0, 0.1) is 5.82 Å². The normalized spacial score (nSPS) is 16.7. The molecule has 2 aliphatic heterocycles. The van der Waals surface area contributed by atoms with Gasteiger partial charge in [-0.05, 0) is 24.7 Å². The van der Waals surface area contributed by atoms with Crippen molar-refractivity contribution in [3.8, 4) is 5.75 Å². The first-order valence-corrected chi connectivity index (χ1v) is 11.7. The van der Waals surface area contributed by atoms with Crippen molar-refractivity contribution in [1.82, 2.24) is 23.8 Å². The van der Waals surface area contributed by atoms with Crippen molar-refractivity contribution >= 4 is 34.3 Å². The van der Waals surface area contributed by atoms with E-state index in [2.05, 4.69) is 4.90 Å². The minimum Gasteiger partial charge on any atom is -0.505 e. The quantitative estimate of drug-likeness (QED) is 0.591. The van der Waals surface area contributed by atoms with E-state index in [0.29, 0.717) is 44.8 Å². The summed E-state index contributed by atoms with van der Waals surface area (Å²) in [4.78, 5) is 45.4. The van der Waals surface area contributed by atoms with Crippen LogP contribution in [-0.2, 0) is 13.1 Å². The molecule has 184 valence electrons. The fourth-order valence-corrected chi connectivity index (χ4v) is 4.97. The van der Waals surface area contributed by atoms with Gasteiger partial charge in [0.05, 0.1) is 22.6 Å². The lowest BCUT2D eigenvalue weighted by Crippen LogP contribution is -2.47. The number of hydrogen-bond acceptors (Lipinski definition) is 5. The van der Waals surface area contributed by atoms with E-state index in [1.54, 1.807) is 16.5 Å². The Kier molecular flexibility index (Phi) is 5.80. The number of carbonyl (C=O) groups excluding carboxylic acids is 2. The van der Waals surface area contributed by atoms with Crippen molar-refractivity contribution < 1.29 is 19.1 Å². The first kappa shape index (κ1) is 23.4. The average molecular weight is 502 g/mol. The van der Waals surface area contributed by atoms with E-state index in [4.69, 9.17) is 11.6 Å². The predicted molar refractivity (Wildman–Crippen MR) is 129 cm³/mol. The fourth-order valence-electron chi connectivity index (χ4n) is 4.77. The molecular formula is C24H25ClFN5O4. The smallest absolute Gasteiger partial charge is 0.274 e. The molecular weight excluding hydrogens is 477 g/mol. The second kappa shape index (κ2) is 8.69. The topological polar surface area (TPSA) is 91.0 Å². The number of halogens is 2. The molecule has 2 amide bonds. The summed E-state index contributed by atoms with van der Waals surface area (Å²) in [5.41, 5.74) is 0.499. The lowest BCUT2D eigenvalue weighted by Gasteiger charge is -2.33. The number of rotatable bonds is 3. The highest BCUT2D eigenvalue weighted by atomic mass is 35.5. The Morgan fingerprint density at radius 3 is 2.49 bits per heavy atom. The van der Waals surface area contributed by atoms with Gasteiger partial charge in [0.1, 0.15) is 11.2 Å². The molecule has 0 aliphatic carbocycles. The molecule has 4 heterocycles. The highest BCUT2D eigenvalue weighted by Crippen LogP contribution is 2.35. The molecule has 11 heteroatoms. The lowest BCUT2D eigenvalue weighted by molar-refractivity contribution is 0.0662. The van der Waals surface area contributed by atoms with Crippen molar-refractivity contribution in [2.45, 2.75) is 13.1 Å². The summed E-state index contributed by atoms with van der Waals surface area (Å²) < 4.78 is 16.5. The number of piperazine rings is 1. The maximum Gasteiger partial charge on any atom is 0.274 e. The molecule has 0 radical (unpaired) electrons. The van der Waals surface area contributed by atoms with Crippen LogP contribution in [0.2, 0.25) is 5.02 Å². The molecule has 2 aromatic heterocycles. The zero-order chi connectivity index (χ0) is 25.0. The maximum absolute atomic E-state index is 13.7. The van der Waals surface area contributed by atoms with Crippen molar-refractivity contribution in [2.75, 3.05) is 46.8 Å². The van der Waals surface area contributed by atoms with E-state index in [9.17, 15) is 23.9 Å². The lowest BCUT2D eigenvalue weighted by atomic mass is 10.1. The third kappa shape index (κ3) is 3.86. The molecule has 2 aliphatic rings. The SMILES string of the molecule is CN1CCN(C(=O)c2cn(Cc3ccc(F)c(Cl)c3)c(=O)c3c(O)c4n(c23)CCN(C)C4=O)CC1. The van der Waals surface area contributed by atoms with Crippen molar-refractivity contribution in [3.63, 3.8) is 0 Å². The zero-order valence-electron chi connectivity index (χ0n) is 19.4. The molecule has 0 atom stereocenters. The van der Waals surface area contributed by atoms with E-state index in [0.717, 1.165) is 0 Å². The molecule has 1 aromatic carbocycles. The summed E-state index contributed by atoms with van der Waals surface area (Å²) in [6.07, 6.45) is 1.47. The van der Waals surface area contributed by atoms with Crippen LogP contribution < -0.4 is 5.56 Å². The summed E-state index contributed by atoms with van der Waals surface area (Å²) in [5, 5.41) is 10.9. The van der Waals surface area contributed by atoms with Crippen molar-refractivity contribution in [1.29, 1.82) is 0 Å². The van der Waals surface area contributed by atoms with Crippen LogP contribution in [-0.4, -0.2) is 87.6 Å². The summed E-state index contributed by atoms with van der Waals surface area (Å²) in [6, 6.07) is 4.13. The van der Waals surface area contributed by atoms with Crippen LogP contribution in [0.3, 0.4) is 0 Å². The second-order valence-electron chi connectivity index (χ2n) is 9.12. The van der Waals surface area contributed by atoms with E-state index in [1.807, 2.05) is 7.05 Å². The number of amides is 2. The Morgan fingerprint density at radius 2 is 1.80 bits per heavy atom. The second-order valence-corrected chi connectivity index (χ2v) is 9.53. The first-order chi connectivity index (χ1) is 16.7. The Labute approximate surface area is 205 Å². The van der Waals surface area contributed by atoms with Crippen LogP contribution in [0.25, 0.3) is 10.9 Å². The van der Waals surface area contributed by atoms with Gasteiger partial charge in [-0.3, -0.25) is 14.4 Å². The van der Waals surface area contributed by atoms with Crippen LogP contribution in [0.5, 0.6) is 5.75 Å². The minimum absolute atomic E-state index is 0.000791. The molecule has 0 spiro atoms. The van der Waals surface area contributed by atoms with Gasteiger partial charge >= 0.3 is 0 Å². The molecule has 5 rings (SSSR count). The molecule has 0 unspecified atom stereocenters. The number of likely N-dealkylation sites (N-methyl/N-ethyl adjacent to an activating group) is 2. The summed E-state index contributed by atoms with van der Waals surface area (Å²) in [5.74, 6) is -1.70. The predicted octanol–water partition coefficient (Wildman–Crippen LogP) is 1.82. The number of fused-ring (bicyclic) bond motifs is 3. The minimum atomic E-state index is -0.579. The van der Waals surface area contributed by atoms with Crippen LogP contribution >= 0.6 is 11.6 Å². The standard InChI is InChI=1S/C24H25ClFN5O4/c1-27-5-8-29(9-6-27)22(33)15-13-30(12-14-3-4-17(26)16(25)11-14)23(34)18-19(15)31-10-7-28(2)24(35)20(31)21(18)32/h3-4,11,13,32H,5-10,12H2,1-2H3. The Bertz CT molecular complexity index is 1420. The van der Waals surface area contributed by atoms with Crippen LogP contribution in [0.1, 0.15) is 26.4 Å². The van der Waals surface area contributed by atoms with Gasteiger partial charge in [0, 0.05) is 52.5 Å². The van der Waals surface area contributed by atoms with Gasteiger partial charge in [-0.25, -0.2) is 4.39 Å². The molecule has 1 saturated heterocycles. The van der Waals surface area contributed by atoms with Crippen molar-refractivity contribution in [2.24, 2.45) is 0 Å². The number of aromatic nitrogens is 2. The van der Waals surface area contributed by atoms with Crippen LogP contribution in [0.15, 0.2) is 29.2 Å². The number of benzene rings is 1. The number of pyridine rings is 1. The third-order valence-corrected chi connectivity index (χ3v) is 7.11. The van der Waals surface area contributed by atoms with E-state index >= 15 is 0 Å². The first-order valence-electron chi connectivity index (χ1n) is 11.3. The summed E-state index contributed by atoms with van der Waals surface area (Å²) in [6.45, 7) is 3.19. The maximum atomic E-state index is 13.7. The fraction of sp³-hybridized carbons (Fsp3) is 0.375. The van der Waals surface area contributed by atoms with Gasteiger partial charge in [0.25, 0.3) is 17.4 Å². The number of aromatic hydroxyl groups is 1. The highest BCUT2D eigenvalue weighted by molar-refractivity contribution is 6.30. The summed E-state index contributed by atoms with van der Waals surface area (Å²) in [7, 11) is 3.60. The van der Waals surface area contributed by atoms with Gasteiger partial charge in [-0.1, -0.05) is 17.7 Å². The molecule has 0 saturated carbocycles. The molecule has 3 aromatic rings. The van der Waals surface area contributed by atoms with Gasteiger partial charge in [0.15, 0.2) is 11.4 Å². The average Bonchev–Trinajstić information content (AvgIpc) is 3.13. The highest BCUT2D eigenvalue weighted by Gasteiger charge is 2.34. The summed E-state index contributed by atoms with van der Waals surface area (Å²) >= 11 is 5.92. The Balaban J connectivity index is 1.72. The van der Waals surface area contributed by atoms with Gasteiger partial charge in [-0.15, -0.1) is 0 Å². The molecule has 9 nitrogen and oxygen atoms in total. The molecule has 35 heavy (non-hydrogen) atoms. The largest absolute Gasteiger partial charge is 0.505 e. The van der Waals surface area contributed by atoms with Crippen molar-refractivity contribution in [3.05, 3.63) is 62.4 Å². The van der Waals surface area contributed by atoms with Gasteiger partial charge in [-0.2, -0.15) is 0 Å². The zero-order valence-corrected chi connectivity index (χ0v) is 20.2. The molecule has 1 fully saturated rings. The van der Waals surface area contributed by atoms with E-state index in [-0.39, 0.29) is 39.6 Å². The monoisotopic (exact) mass is 501 g/mol. The van der Waals surface area contributed by atoms with E-state index in [1.165, 1.54) is 33.9 Å². The number of carbonyl (C=O) groups is 2. The molecule has 0 bridgehead atoms. The number of hydrogen-bond donors (Lipinski definition) is 1. The van der Waals surface area contributed by atoms with E-state index < -0.39 is 23.0 Å². The number of nitrogens with zero attached hydrogens (tertiary/aromatic N) is 5. The Morgan fingerprint density at radius 1 is 1.09 bits per heavy atom. The third-order valence-electron chi connectivity index (χ3n) is 6.82. The van der Waals surface area contributed by atoms with Gasteiger partial charge < -0.3 is 28.9 Å². The van der Waals surface area contributed by atoms with Gasteiger partial charge in [0.2, 0.25) is 0 Å². The molecule has 1 N–H and O–H groups in total. The Hall–Kier alpha value is -3.37. The van der Waals surface area contributed by atoms with Crippen LogP contribution in [0.4, 0.5) is 4.39 Å².